The number of nitrogens with zero attached hydrogens (tertiary/aromatic N) is 1. The molecule has 0 fully saturated rings. The lowest BCUT2D eigenvalue weighted by atomic mass is 10.1. The molecule has 25 heavy (non-hydrogen) atoms. The number of hydrogen-bond donors (Lipinski definition) is 2. The summed E-state index contributed by atoms with van der Waals surface area (Å²) >= 11 is 0. The first-order valence-corrected chi connectivity index (χ1v) is 7.60. The minimum atomic E-state index is -0.702. The number of carbonyl (C=O) groups excluding carboxylic acids is 2. The number of hydrogen-bond acceptors (Lipinski definition) is 5. The van der Waals surface area contributed by atoms with Gasteiger partial charge in [-0.3, -0.25) is 9.59 Å². The van der Waals surface area contributed by atoms with Crippen LogP contribution >= 0.6 is 0 Å². The largest absolute Gasteiger partial charge is 0.461 e. The maximum atomic E-state index is 12.3. The minimum absolute atomic E-state index is 0.0805. The molecular weight excluding hydrogens is 322 g/mol. The van der Waals surface area contributed by atoms with Crippen molar-refractivity contribution in [2.24, 2.45) is 0 Å². The lowest BCUT2D eigenvalue weighted by molar-refractivity contribution is -0.117. The van der Waals surface area contributed by atoms with E-state index in [1.54, 1.807) is 24.3 Å². The Hall–Kier alpha value is -3.61. The van der Waals surface area contributed by atoms with E-state index in [0.29, 0.717) is 28.2 Å². The second-order valence-electron chi connectivity index (χ2n) is 5.42. The van der Waals surface area contributed by atoms with Crippen molar-refractivity contribution in [3.05, 3.63) is 66.2 Å². The van der Waals surface area contributed by atoms with E-state index < -0.39 is 11.7 Å². The number of aromatic amines is 1. The van der Waals surface area contributed by atoms with Crippen LogP contribution in [-0.4, -0.2) is 21.8 Å². The van der Waals surface area contributed by atoms with Crippen LogP contribution in [0.5, 0.6) is 0 Å². The van der Waals surface area contributed by atoms with E-state index in [0.717, 1.165) is 5.52 Å². The number of ketones is 1. The van der Waals surface area contributed by atoms with Crippen molar-refractivity contribution >= 4 is 22.6 Å². The molecule has 0 spiro atoms. The summed E-state index contributed by atoms with van der Waals surface area (Å²) in [6.45, 7) is 0.0805. The molecule has 3 aromatic heterocycles. The SMILES string of the molecule is O=C(NCc1cc(-c2ccco2)on1)C(=O)c1c[nH]c2ccccc12. The number of amides is 1. The van der Waals surface area contributed by atoms with Gasteiger partial charge in [-0.05, 0) is 18.2 Å². The topological polar surface area (TPSA) is 101 Å². The fraction of sp³-hybridized carbons (Fsp3) is 0.0556. The molecule has 7 heteroatoms. The summed E-state index contributed by atoms with van der Waals surface area (Å²) in [6, 6.07) is 12.4. The molecule has 3 heterocycles. The molecule has 4 aromatic rings. The number of furan rings is 1. The van der Waals surface area contributed by atoms with Crippen molar-refractivity contribution in [3.8, 4) is 11.5 Å². The molecule has 0 saturated carbocycles. The number of carbonyl (C=O) groups is 2. The summed E-state index contributed by atoms with van der Waals surface area (Å²) in [6.07, 6.45) is 3.07. The highest BCUT2D eigenvalue weighted by atomic mass is 16.5. The Morgan fingerprint density at radius 1 is 1.12 bits per heavy atom. The number of aromatic nitrogens is 2. The number of para-hydroxylation sites is 1. The van der Waals surface area contributed by atoms with Crippen molar-refractivity contribution in [2.75, 3.05) is 0 Å². The zero-order chi connectivity index (χ0) is 17.2. The number of fused-ring (bicyclic) bond motifs is 1. The number of Topliss-reactive ketones (excluding diaryl/α,β-unsaturated/α-hetero) is 1. The molecule has 1 amide bonds. The highest BCUT2D eigenvalue weighted by molar-refractivity contribution is 6.44. The quantitative estimate of drug-likeness (QED) is 0.431. The first-order chi connectivity index (χ1) is 12.2. The lowest BCUT2D eigenvalue weighted by Gasteiger charge is -2.01. The average molecular weight is 335 g/mol. The summed E-state index contributed by atoms with van der Waals surface area (Å²) in [5, 5.41) is 7.12. The predicted octanol–water partition coefficient (Wildman–Crippen LogP) is 2.92. The number of rotatable bonds is 5. The van der Waals surface area contributed by atoms with E-state index in [2.05, 4.69) is 15.5 Å². The summed E-state index contributed by atoms with van der Waals surface area (Å²) in [5.74, 6) is -0.309. The third kappa shape index (κ3) is 2.83. The van der Waals surface area contributed by atoms with E-state index in [1.807, 2.05) is 18.2 Å². The van der Waals surface area contributed by atoms with E-state index in [-0.39, 0.29) is 6.54 Å². The van der Waals surface area contributed by atoms with Crippen LogP contribution in [0.4, 0.5) is 0 Å². The van der Waals surface area contributed by atoms with Gasteiger partial charge in [-0.1, -0.05) is 23.4 Å². The maximum absolute atomic E-state index is 12.3. The summed E-state index contributed by atoms with van der Waals surface area (Å²) in [4.78, 5) is 27.5. The molecule has 2 N–H and O–H groups in total. The monoisotopic (exact) mass is 335 g/mol. The third-order valence-corrected chi connectivity index (χ3v) is 3.79. The third-order valence-electron chi connectivity index (χ3n) is 3.79. The molecular formula is C18H13N3O4. The van der Waals surface area contributed by atoms with Crippen LogP contribution in [0.3, 0.4) is 0 Å². The summed E-state index contributed by atoms with van der Waals surface area (Å²) < 4.78 is 10.4. The molecule has 0 aliphatic carbocycles. The Morgan fingerprint density at radius 3 is 2.84 bits per heavy atom. The molecule has 0 atom stereocenters. The Bertz CT molecular complexity index is 1040. The van der Waals surface area contributed by atoms with Gasteiger partial charge in [0.1, 0.15) is 5.69 Å². The molecule has 4 rings (SSSR count). The number of benzene rings is 1. The molecule has 0 aliphatic rings. The van der Waals surface area contributed by atoms with Crippen molar-refractivity contribution in [1.29, 1.82) is 0 Å². The summed E-state index contributed by atoms with van der Waals surface area (Å²) in [5.41, 5.74) is 1.63. The van der Waals surface area contributed by atoms with Crippen molar-refractivity contribution in [1.82, 2.24) is 15.5 Å². The van der Waals surface area contributed by atoms with Crippen LogP contribution in [0.2, 0.25) is 0 Å². The highest BCUT2D eigenvalue weighted by Gasteiger charge is 2.20. The first-order valence-electron chi connectivity index (χ1n) is 7.60. The van der Waals surface area contributed by atoms with Crippen molar-refractivity contribution < 1.29 is 18.5 Å². The minimum Gasteiger partial charge on any atom is -0.461 e. The zero-order valence-electron chi connectivity index (χ0n) is 13.0. The Balaban J connectivity index is 1.44. The Kier molecular flexibility index (Phi) is 3.66. The van der Waals surface area contributed by atoms with Gasteiger partial charge in [0, 0.05) is 23.2 Å². The smallest absolute Gasteiger partial charge is 0.292 e. The molecule has 1 aromatic carbocycles. The van der Waals surface area contributed by atoms with Crippen LogP contribution in [0.1, 0.15) is 16.1 Å². The maximum Gasteiger partial charge on any atom is 0.292 e. The molecule has 0 saturated heterocycles. The first kappa shape index (κ1) is 14.9. The van der Waals surface area contributed by atoms with Crippen LogP contribution in [0, 0.1) is 0 Å². The fourth-order valence-electron chi connectivity index (χ4n) is 2.56. The van der Waals surface area contributed by atoms with E-state index in [4.69, 9.17) is 8.94 Å². The second-order valence-corrected chi connectivity index (χ2v) is 5.42. The molecule has 124 valence electrons. The molecule has 0 unspecified atom stereocenters. The van der Waals surface area contributed by atoms with Crippen LogP contribution in [0.25, 0.3) is 22.4 Å². The standard InChI is InChI=1S/C18H13N3O4/c22-17(13-10-19-14-5-2-1-4-12(13)14)18(23)20-9-11-8-16(25-21-11)15-6-3-7-24-15/h1-8,10,19H,9H2,(H,20,23). The van der Waals surface area contributed by atoms with Gasteiger partial charge in [-0.25, -0.2) is 0 Å². The van der Waals surface area contributed by atoms with Gasteiger partial charge in [-0.2, -0.15) is 0 Å². The average Bonchev–Trinajstić information content (AvgIpc) is 3.38. The van der Waals surface area contributed by atoms with E-state index in [1.165, 1.54) is 12.5 Å². The Labute approximate surface area is 141 Å². The predicted molar refractivity (Wildman–Crippen MR) is 88.7 cm³/mol. The van der Waals surface area contributed by atoms with E-state index in [9.17, 15) is 9.59 Å². The lowest BCUT2D eigenvalue weighted by Crippen LogP contribution is -2.30. The fourth-order valence-corrected chi connectivity index (χ4v) is 2.56. The van der Waals surface area contributed by atoms with Crippen LogP contribution < -0.4 is 5.32 Å². The van der Waals surface area contributed by atoms with Gasteiger partial charge in [-0.15, -0.1) is 0 Å². The normalized spacial score (nSPS) is 10.9. The molecule has 0 aliphatic heterocycles. The molecule has 7 nitrogen and oxygen atoms in total. The zero-order valence-corrected chi connectivity index (χ0v) is 13.0. The van der Waals surface area contributed by atoms with Gasteiger partial charge in [0.25, 0.3) is 11.7 Å². The molecule has 0 radical (unpaired) electrons. The molecule has 0 bridgehead atoms. The van der Waals surface area contributed by atoms with Crippen LogP contribution in [0.15, 0.2) is 63.9 Å². The Morgan fingerprint density at radius 2 is 2.00 bits per heavy atom. The van der Waals surface area contributed by atoms with Gasteiger partial charge in [0.15, 0.2) is 5.76 Å². The highest BCUT2D eigenvalue weighted by Crippen LogP contribution is 2.21. The van der Waals surface area contributed by atoms with Crippen molar-refractivity contribution in [2.45, 2.75) is 6.54 Å². The van der Waals surface area contributed by atoms with Gasteiger partial charge >= 0.3 is 0 Å². The second kappa shape index (κ2) is 6.12. The van der Waals surface area contributed by atoms with Gasteiger partial charge in [0.05, 0.1) is 18.4 Å². The van der Waals surface area contributed by atoms with Gasteiger partial charge in [0.2, 0.25) is 5.76 Å². The number of nitrogens with one attached hydrogen (secondary N) is 2. The summed E-state index contributed by atoms with van der Waals surface area (Å²) in [7, 11) is 0. The number of H-pyrrole nitrogens is 1. The van der Waals surface area contributed by atoms with Crippen molar-refractivity contribution in [3.63, 3.8) is 0 Å². The van der Waals surface area contributed by atoms with Crippen LogP contribution in [-0.2, 0) is 11.3 Å². The van der Waals surface area contributed by atoms with E-state index >= 15 is 0 Å². The van der Waals surface area contributed by atoms with Gasteiger partial charge < -0.3 is 19.2 Å².